The van der Waals surface area contributed by atoms with Gasteiger partial charge in [0.25, 0.3) is 5.91 Å². The summed E-state index contributed by atoms with van der Waals surface area (Å²) in [6, 6.07) is 15.4. The Kier molecular flexibility index (Phi) is 5.32. The molecule has 2 heterocycles. The van der Waals surface area contributed by atoms with E-state index in [1.807, 2.05) is 5.38 Å². The molecule has 2 aromatic carbocycles. The molecule has 9 heteroatoms. The van der Waals surface area contributed by atoms with E-state index in [2.05, 4.69) is 15.5 Å². The summed E-state index contributed by atoms with van der Waals surface area (Å²) in [5.41, 5.74) is 10.1. The highest BCUT2D eigenvalue weighted by atomic mass is 32.1. The van der Waals surface area contributed by atoms with Crippen LogP contribution in [0.1, 0.15) is 25.6 Å². The van der Waals surface area contributed by atoms with Crippen LogP contribution in [-0.2, 0) is 0 Å². The van der Waals surface area contributed by atoms with Gasteiger partial charge in [-0.1, -0.05) is 17.4 Å². The van der Waals surface area contributed by atoms with Crippen molar-refractivity contribution in [3.05, 3.63) is 76.0 Å². The fraction of sp³-hybridized carbons (Fsp3) is 0. The van der Waals surface area contributed by atoms with Gasteiger partial charge < -0.3 is 10.5 Å². The van der Waals surface area contributed by atoms with Crippen molar-refractivity contribution in [1.82, 2.24) is 10.4 Å². The summed E-state index contributed by atoms with van der Waals surface area (Å²) >= 11 is 2.64. The van der Waals surface area contributed by atoms with Gasteiger partial charge in [0.05, 0.1) is 16.4 Å². The zero-order valence-electron chi connectivity index (χ0n) is 14.9. The fourth-order valence-corrected chi connectivity index (χ4v) is 3.86. The molecule has 7 nitrogen and oxygen atoms in total. The van der Waals surface area contributed by atoms with Gasteiger partial charge in [-0.3, -0.25) is 4.79 Å². The number of nitrogens with two attached hydrogens (primary N) is 1. The van der Waals surface area contributed by atoms with Gasteiger partial charge in [0, 0.05) is 5.56 Å². The largest absolute Gasteiger partial charge is 0.422 e. The van der Waals surface area contributed by atoms with Crippen molar-refractivity contribution in [2.75, 3.05) is 5.73 Å². The average molecular weight is 422 g/mol. The number of nitrogens with zero attached hydrogens (tertiary/aromatic N) is 2. The van der Waals surface area contributed by atoms with Crippen LogP contribution in [0.4, 0.5) is 5.13 Å². The molecule has 0 fully saturated rings. The predicted octanol–water partition coefficient (Wildman–Crippen LogP) is 3.92. The summed E-state index contributed by atoms with van der Waals surface area (Å²) < 4.78 is 6.14. The maximum atomic E-state index is 12.2. The minimum Gasteiger partial charge on any atom is -0.422 e. The molecule has 0 aliphatic rings. The van der Waals surface area contributed by atoms with Crippen LogP contribution in [0.3, 0.4) is 0 Å². The van der Waals surface area contributed by atoms with Crippen molar-refractivity contribution in [3.63, 3.8) is 0 Å². The SMILES string of the molecule is Nc1nc2ccc(C(=O)N/N=C\c3ccc(OC(=O)c4cccs4)cc3)cc2s1. The highest BCUT2D eigenvalue weighted by Gasteiger charge is 2.09. The second-order valence-corrected chi connectivity index (χ2v) is 7.88. The number of esters is 1. The lowest BCUT2D eigenvalue weighted by atomic mass is 10.2. The highest BCUT2D eigenvalue weighted by Crippen LogP contribution is 2.24. The molecular formula is C20H14N4O3S2. The quantitative estimate of drug-likeness (QED) is 0.219. The molecule has 4 aromatic rings. The number of benzene rings is 2. The van der Waals surface area contributed by atoms with Crippen LogP contribution in [0.5, 0.6) is 5.75 Å². The number of carbonyl (C=O) groups excluding carboxylic acids is 2. The second-order valence-electron chi connectivity index (χ2n) is 5.87. The van der Waals surface area contributed by atoms with Gasteiger partial charge in [0.15, 0.2) is 5.13 Å². The minimum atomic E-state index is -0.395. The number of carbonyl (C=O) groups is 2. The van der Waals surface area contributed by atoms with E-state index in [4.69, 9.17) is 10.5 Å². The first-order valence-corrected chi connectivity index (χ1v) is 10.1. The van der Waals surface area contributed by atoms with Crippen LogP contribution in [0.25, 0.3) is 10.2 Å². The van der Waals surface area contributed by atoms with Crippen LogP contribution in [-0.4, -0.2) is 23.1 Å². The van der Waals surface area contributed by atoms with E-state index in [9.17, 15) is 9.59 Å². The topological polar surface area (TPSA) is 107 Å². The standard InChI is InChI=1S/C20H14N4O3S2/c21-20-23-15-8-5-13(10-17(15)29-20)18(25)24-22-11-12-3-6-14(7-4-12)27-19(26)16-2-1-9-28-16/h1-11H,(H2,21,23)(H,24,25)/b22-11-. The van der Waals surface area contributed by atoms with Gasteiger partial charge in [-0.05, 0) is 59.5 Å². The maximum Gasteiger partial charge on any atom is 0.353 e. The van der Waals surface area contributed by atoms with Gasteiger partial charge in [-0.25, -0.2) is 15.2 Å². The third kappa shape index (κ3) is 4.48. The minimum absolute atomic E-state index is 0.336. The van der Waals surface area contributed by atoms with Crippen molar-refractivity contribution in [1.29, 1.82) is 0 Å². The second kappa shape index (κ2) is 8.21. The number of hydrogen-bond donors (Lipinski definition) is 2. The number of thiophene rings is 1. The Morgan fingerprint density at radius 2 is 1.97 bits per heavy atom. The first kappa shape index (κ1) is 18.8. The number of thiazole rings is 1. The van der Waals surface area contributed by atoms with E-state index in [1.54, 1.807) is 54.6 Å². The smallest absolute Gasteiger partial charge is 0.353 e. The van der Waals surface area contributed by atoms with Crippen molar-refractivity contribution in [2.24, 2.45) is 5.10 Å². The molecule has 4 rings (SSSR count). The zero-order chi connectivity index (χ0) is 20.2. The molecule has 0 unspecified atom stereocenters. The Morgan fingerprint density at radius 1 is 1.14 bits per heavy atom. The molecule has 0 atom stereocenters. The zero-order valence-corrected chi connectivity index (χ0v) is 16.5. The van der Waals surface area contributed by atoms with Gasteiger partial charge in [-0.15, -0.1) is 11.3 Å². The molecule has 0 aliphatic heterocycles. The summed E-state index contributed by atoms with van der Waals surface area (Å²) in [5.74, 6) is -0.299. The molecule has 144 valence electrons. The van der Waals surface area contributed by atoms with Gasteiger partial charge in [0.2, 0.25) is 0 Å². The van der Waals surface area contributed by atoms with E-state index < -0.39 is 5.97 Å². The predicted molar refractivity (Wildman–Crippen MR) is 115 cm³/mol. The molecule has 0 radical (unpaired) electrons. The van der Waals surface area contributed by atoms with Crippen LogP contribution in [0.15, 0.2) is 65.1 Å². The molecule has 0 aliphatic carbocycles. The van der Waals surface area contributed by atoms with E-state index >= 15 is 0 Å². The first-order chi connectivity index (χ1) is 14.1. The summed E-state index contributed by atoms with van der Waals surface area (Å²) in [6.07, 6.45) is 1.51. The third-order valence-corrected chi connectivity index (χ3v) is 5.56. The summed E-state index contributed by atoms with van der Waals surface area (Å²) in [6.45, 7) is 0. The lowest BCUT2D eigenvalue weighted by Crippen LogP contribution is -2.17. The number of nitrogens with one attached hydrogen (secondary N) is 1. The molecule has 0 bridgehead atoms. The van der Waals surface area contributed by atoms with Gasteiger partial charge >= 0.3 is 5.97 Å². The Hall–Kier alpha value is -3.56. The lowest BCUT2D eigenvalue weighted by molar-refractivity contribution is 0.0739. The molecular weight excluding hydrogens is 408 g/mol. The van der Waals surface area contributed by atoms with E-state index in [0.29, 0.717) is 21.3 Å². The number of anilines is 1. The number of amides is 1. The summed E-state index contributed by atoms with van der Waals surface area (Å²) in [5, 5.41) is 6.24. The van der Waals surface area contributed by atoms with Gasteiger partial charge in [-0.2, -0.15) is 5.10 Å². The van der Waals surface area contributed by atoms with Crippen molar-refractivity contribution >= 4 is 56.1 Å². The van der Waals surface area contributed by atoms with Crippen molar-refractivity contribution in [3.8, 4) is 5.75 Å². The first-order valence-electron chi connectivity index (χ1n) is 8.44. The Bertz CT molecular complexity index is 1200. The number of hydrazone groups is 1. The maximum absolute atomic E-state index is 12.2. The molecule has 1 amide bonds. The van der Waals surface area contributed by atoms with Crippen molar-refractivity contribution < 1.29 is 14.3 Å². The monoisotopic (exact) mass is 422 g/mol. The molecule has 3 N–H and O–H groups in total. The third-order valence-electron chi connectivity index (χ3n) is 3.86. The number of aromatic nitrogens is 1. The summed E-state index contributed by atoms with van der Waals surface area (Å²) in [4.78, 5) is 28.9. The number of ether oxygens (including phenoxy) is 1. The Morgan fingerprint density at radius 3 is 2.72 bits per heavy atom. The Balaban J connectivity index is 1.35. The van der Waals surface area contributed by atoms with Crippen LogP contribution in [0.2, 0.25) is 0 Å². The normalized spacial score (nSPS) is 11.0. The van der Waals surface area contributed by atoms with E-state index in [1.165, 1.54) is 28.9 Å². The van der Waals surface area contributed by atoms with Crippen LogP contribution < -0.4 is 15.9 Å². The van der Waals surface area contributed by atoms with Crippen LogP contribution in [0, 0.1) is 0 Å². The number of rotatable bonds is 5. The van der Waals surface area contributed by atoms with Gasteiger partial charge in [0.1, 0.15) is 10.6 Å². The molecule has 0 saturated carbocycles. The fourth-order valence-electron chi connectivity index (χ4n) is 2.49. The van der Waals surface area contributed by atoms with E-state index in [-0.39, 0.29) is 5.91 Å². The lowest BCUT2D eigenvalue weighted by Gasteiger charge is -2.03. The number of hydrogen-bond acceptors (Lipinski definition) is 8. The highest BCUT2D eigenvalue weighted by molar-refractivity contribution is 7.22. The van der Waals surface area contributed by atoms with Crippen molar-refractivity contribution in [2.45, 2.75) is 0 Å². The molecule has 29 heavy (non-hydrogen) atoms. The number of fused-ring (bicyclic) bond motifs is 1. The molecule has 2 aromatic heterocycles. The molecule has 0 saturated heterocycles. The summed E-state index contributed by atoms with van der Waals surface area (Å²) in [7, 11) is 0. The van der Waals surface area contributed by atoms with E-state index in [0.717, 1.165) is 15.8 Å². The molecule has 0 spiro atoms. The average Bonchev–Trinajstić information content (AvgIpc) is 3.37. The number of nitrogen functional groups attached to an aromatic ring is 1. The Labute approximate surface area is 173 Å². The van der Waals surface area contributed by atoms with Crippen LogP contribution >= 0.6 is 22.7 Å².